The van der Waals surface area contributed by atoms with Gasteiger partial charge in [0.1, 0.15) is 5.75 Å². The molecule has 0 saturated heterocycles. The van der Waals surface area contributed by atoms with Crippen molar-refractivity contribution in [2.45, 2.75) is 13.8 Å². The largest absolute Gasteiger partial charge is 0.493 e. The van der Waals surface area contributed by atoms with Gasteiger partial charge in [-0.2, -0.15) is 0 Å². The maximum absolute atomic E-state index is 5.77. The highest BCUT2D eigenvalue weighted by molar-refractivity contribution is 5.74. The summed E-state index contributed by atoms with van der Waals surface area (Å²) in [6.07, 6.45) is 1.85. The molecule has 3 aromatic carbocycles. The van der Waals surface area contributed by atoms with Crippen LogP contribution < -0.4 is 10.1 Å². The van der Waals surface area contributed by atoms with Crippen molar-refractivity contribution in [2.75, 3.05) is 11.9 Å². The minimum absolute atomic E-state index is 0.631. The second-order valence-corrected chi connectivity index (χ2v) is 6.93. The van der Waals surface area contributed by atoms with Crippen molar-refractivity contribution in [3.05, 3.63) is 96.7 Å². The molecule has 0 radical (unpaired) electrons. The summed E-state index contributed by atoms with van der Waals surface area (Å²) >= 11 is 0. The molecule has 0 saturated carbocycles. The van der Waals surface area contributed by atoms with E-state index in [4.69, 9.17) is 4.74 Å². The van der Waals surface area contributed by atoms with Crippen LogP contribution in [0.5, 0.6) is 5.75 Å². The highest BCUT2D eigenvalue weighted by Gasteiger charge is 2.08. The Labute approximate surface area is 172 Å². The summed E-state index contributed by atoms with van der Waals surface area (Å²) in [5.74, 6) is 0.859. The molecule has 1 aromatic heterocycles. The zero-order chi connectivity index (χ0) is 20.1. The zero-order valence-corrected chi connectivity index (χ0v) is 16.7. The van der Waals surface area contributed by atoms with E-state index in [1.165, 1.54) is 5.56 Å². The predicted octanol–water partition coefficient (Wildman–Crippen LogP) is 6.87. The fraction of sp³-hybridized carbons (Fsp3) is 0.115. The van der Waals surface area contributed by atoms with E-state index in [2.05, 4.69) is 71.8 Å². The monoisotopic (exact) mass is 380 g/mol. The third-order valence-electron chi connectivity index (χ3n) is 4.78. The number of aryl methyl sites for hydroxylation is 1. The van der Waals surface area contributed by atoms with Crippen LogP contribution in [0.2, 0.25) is 0 Å². The van der Waals surface area contributed by atoms with Crippen LogP contribution in [0, 0.1) is 6.92 Å². The van der Waals surface area contributed by atoms with Crippen LogP contribution in [-0.4, -0.2) is 11.6 Å². The lowest BCUT2D eigenvalue weighted by molar-refractivity contribution is 0.341. The fourth-order valence-electron chi connectivity index (χ4n) is 3.27. The van der Waals surface area contributed by atoms with Gasteiger partial charge in [-0.25, -0.2) is 0 Å². The van der Waals surface area contributed by atoms with E-state index < -0.39 is 0 Å². The molecule has 3 heteroatoms. The Kier molecular flexibility index (Phi) is 5.57. The van der Waals surface area contributed by atoms with E-state index in [0.717, 1.165) is 39.5 Å². The number of nitrogens with zero attached hydrogens (tertiary/aromatic N) is 1. The van der Waals surface area contributed by atoms with Crippen LogP contribution in [0.15, 0.2) is 91.1 Å². The lowest BCUT2D eigenvalue weighted by atomic mass is 10.0. The van der Waals surface area contributed by atoms with Crippen molar-refractivity contribution in [3.8, 4) is 28.1 Å². The average Bonchev–Trinajstić information content (AvgIpc) is 2.77. The number of anilines is 2. The van der Waals surface area contributed by atoms with Crippen molar-refractivity contribution in [2.24, 2.45) is 0 Å². The first kappa shape index (κ1) is 18.8. The van der Waals surface area contributed by atoms with Gasteiger partial charge in [-0.1, -0.05) is 42.0 Å². The average molecular weight is 380 g/mol. The number of para-hydroxylation sites is 1. The summed E-state index contributed by atoms with van der Waals surface area (Å²) in [5.41, 5.74) is 7.60. The molecular formula is C26H24N2O. The normalized spacial score (nSPS) is 10.6. The minimum Gasteiger partial charge on any atom is -0.493 e. The van der Waals surface area contributed by atoms with Gasteiger partial charge in [-0.3, -0.25) is 4.98 Å². The van der Waals surface area contributed by atoms with Crippen LogP contribution in [0.25, 0.3) is 22.4 Å². The van der Waals surface area contributed by atoms with Crippen LogP contribution in [0.3, 0.4) is 0 Å². The maximum Gasteiger partial charge on any atom is 0.128 e. The van der Waals surface area contributed by atoms with E-state index >= 15 is 0 Å². The molecule has 0 unspecified atom stereocenters. The summed E-state index contributed by atoms with van der Waals surface area (Å²) in [5, 5.41) is 3.44. The third-order valence-corrected chi connectivity index (χ3v) is 4.78. The third kappa shape index (κ3) is 4.46. The Morgan fingerprint density at radius 1 is 0.793 bits per heavy atom. The second-order valence-electron chi connectivity index (χ2n) is 6.93. The van der Waals surface area contributed by atoms with Gasteiger partial charge in [0.15, 0.2) is 0 Å². The van der Waals surface area contributed by atoms with E-state index in [0.29, 0.717) is 6.61 Å². The van der Waals surface area contributed by atoms with E-state index in [1.54, 1.807) is 0 Å². The summed E-state index contributed by atoms with van der Waals surface area (Å²) in [6, 6.07) is 29.0. The Bertz CT molecular complexity index is 1090. The first-order valence-corrected chi connectivity index (χ1v) is 9.85. The van der Waals surface area contributed by atoms with Crippen molar-refractivity contribution in [1.29, 1.82) is 0 Å². The number of hydrogen-bond acceptors (Lipinski definition) is 3. The molecule has 1 heterocycles. The number of pyridine rings is 1. The summed E-state index contributed by atoms with van der Waals surface area (Å²) in [7, 11) is 0. The smallest absolute Gasteiger partial charge is 0.128 e. The molecule has 1 N–H and O–H groups in total. The van der Waals surface area contributed by atoms with Gasteiger partial charge in [0.25, 0.3) is 0 Å². The van der Waals surface area contributed by atoms with E-state index in [9.17, 15) is 0 Å². The van der Waals surface area contributed by atoms with Gasteiger partial charge >= 0.3 is 0 Å². The lowest BCUT2D eigenvalue weighted by Crippen LogP contribution is -1.95. The molecule has 0 bridgehead atoms. The number of nitrogens with one attached hydrogen (secondary N) is 1. The maximum atomic E-state index is 5.77. The predicted molar refractivity (Wildman–Crippen MR) is 121 cm³/mol. The van der Waals surface area contributed by atoms with Gasteiger partial charge in [0.2, 0.25) is 0 Å². The van der Waals surface area contributed by atoms with E-state index in [1.807, 2.05) is 43.5 Å². The topological polar surface area (TPSA) is 34.1 Å². The number of ether oxygens (including phenoxy) is 1. The van der Waals surface area contributed by atoms with Gasteiger partial charge in [-0.05, 0) is 73.5 Å². The van der Waals surface area contributed by atoms with Crippen molar-refractivity contribution >= 4 is 11.4 Å². The quantitative estimate of drug-likeness (QED) is 0.396. The molecule has 0 aliphatic heterocycles. The van der Waals surface area contributed by atoms with Gasteiger partial charge < -0.3 is 10.1 Å². The van der Waals surface area contributed by atoms with Crippen LogP contribution in [0.1, 0.15) is 12.5 Å². The standard InChI is InChI=1S/C26H24N2O/c1-3-29-26-7-5-4-6-24(26)25-18-21(16-17-27-25)20-10-14-23(15-11-20)28-22-12-8-19(2)9-13-22/h4-18,28H,3H2,1-2H3. The minimum atomic E-state index is 0.631. The molecule has 0 spiro atoms. The Hall–Kier alpha value is -3.59. The molecule has 3 nitrogen and oxygen atoms in total. The fourth-order valence-corrected chi connectivity index (χ4v) is 3.27. The van der Waals surface area contributed by atoms with Crippen LogP contribution in [-0.2, 0) is 0 Å². The second kappa shape index (κ2) is 8.61. The molecule has 0 aliphatic rings. The van der Waals surface area contributed by atoms with Crippen molar-refractivity contribution < 1.29 is 4.74 Å². The molecule has 144 valence electrons. The number of benzene rings is 3. The SMILES string of the molecule is CCOc1ccccc1-c1cc(-c2ccc(Nc3ccc(C)cc3)cc2)ccn1. The van der Waals surface area contributed by atoms with Gasteiger partial charge in [0.05, 0.1) is 12.3 Å². The van der Waals surface area contributed by atoms with E-state index in [-0.39, 0.29) is 0 Å². The molecular weight excluding hydrogens is 356 g/mol. The lowest BCUT2D eigenvalue weighted by Gasteiger charge is -2.11. The van der Waals surface area contributed by atoms with Gasteiger partial charge in [-0.15, -0.1) is 0 Å². The number of aromatic nitrogens is 1. The first-order valence-electron chi connectivity index (χ1n) is 9.85. The Morgan fingerprint density at radius 3 is 2.21 bits per heavy atom. The summed E-state index contributed by atoms with van der Waals surface area (Å²) in [4.78, 5) is 4.57. The summed E-state index contributed by atoms with van der Waals surface area (Å²) < 4.78 is 5.77. The first-order chi connectivity index (χ1) is 14.2. The molecule has 0 amide bonds. The van der Waals surface area contributed by atoms with Gasteiger partial charge in [0, 0.05) is 23.1 Å². The van der Waals surface area contributed by atoms with Crippen molar-refractivity contribution in [1.82, 2.24) is 4.98 Å². The van der Waals surface area contributed by atoms with Crippen LogP contribution >= 0.6 is 0 Å². The molecule has 0 atom stereocenters. The molecule has 0 aliphatic carbocycles. The molecule has 0 fully saturated rings. The Morgan fingerprint density at radius 2 is 1.48 bits per heavy atom. The number of rotatable bonds is 6. The highest BCUT2D eigenvalue weighted by atomic mass is 16.5. The highest BCUT2D eigenvalue weighted by Crippen LogP contribution is 2.31. The molecule has 29 heavy (non-hydrogen) atoms. The molecule has 4 rings (SSSR count). The zero-order valence-electron chi connectivity index (χ0n) is 16.7. The number of hydrogen-bond donors (Lipinski definition) is 1. The van der Waals surface area contributed by atoms with Crippen molar-refractivity contribution in [3.63, 3.8) is 0 Å². The Balaban J connectivity index is 1.58. The van der Waals surface area contributed by atoms with Crippen LogP contribution in [0.4, 0.5) is 11.4 Å². The molecule has 4 aromatic rings. The summed E-state index contributed by atoms with van der Waals surface area (Å²) in [6.45, 7) is 4.72.